The lowest BCUT2D eigenvalue weighted by atomic mass is 9.68. The van der Waals surface area contributed by atoms with Gasteiger partial charge in [-0.2, -0.15) is 0 Å². The molecule has 0 bridgehead atoms. The van der Waals surface area contributed by atoms with Crippen molar-refractivity contribution in [1.82, 2.24) is 4.90 Å². The Bertz CT molecular complexity index is 1310. The number of aromatic hydroxyl groups is 1. The van der Waals surface area contributed by atoms with Gasteiger partial charge in [-0.3, -0.25) is 14.5 Å². The Morgan fingerprint density at radius 1 is 1.07 bits per heavy atom. The van der Waals surface area contributed by atoms with Crippen LogP contribution in [0.25, 0.3) is 11.6 Å². The summed E-state index contributed by atoms with van der Waals surface area (Å²) < 4.78 is 0. The number of aliphatic hydroxyl groups is 2. The molecule has 0 unspecified atom stereocenters. The quantitative estimate of drug-likeness (QED) is 0.208. The maximum absolute atomic E-state index is 13.7. The standard InChI is InChI=1S/C33H38ClNO5/c1-20-16-26-31(33(40)35(32(26)39)24-10-6-3-7-11-24)27(19-36)30(20)29(38)15-13-22(21-8-4-2-5-9-21)17-23-12-14-25(37)18-28(23)34/h2,4-5,8-9,12,14,17-18,24,26-27,29,31,36-38H,3,6-7,10-11,13,15-16,19H2,1H3/b22-17-/t26-,27+,29-,31-/m1/s1. The number of halogens is 1. The second-order valence-corrected chi connectivity index (χ2v) is 11.9. The Balaban J connectivity index is 1.38. The van der Waals surface area contributed by atoms with Crippen LogP contribution < -0.4 is 0 Å². The minimum Gasteiger partial charge on any atom is -0.508 e. The number of phenols is 1. The van der Waals surface area contributed by atoms with Gasteiger partial charge in [-0.05, 0) is 85.6 Å². The molecule has 1 saturated carbocycles. The summed E-state index contributed by atoms with van der Waals surface area (Å²) in [5.74, 6) is -1.84. The summed E-state index contributed by atoms with van der Waals surface area (Å²) in [5, 5.41) is 32.2. The van der Waals surface area contributed by atoms with Gasteiger partial charge >= 0.3 is 0 Å². The van der Waals surface area contributed by atoms with Crippen molar-refractivity contribution in [2.24, 2.45) is 17.8 Å². The number of allylic oxidation sites excluding steroid dienone is 2. The molecule has 1 heterocycles. The summed E-state index contributed by atoms with van der Waals surface area (Å²) in [5.41, 5.74) is 4.31. The van der Waals surface area contributed by atoms with E-state index in [1.54, 1.807) is 12.1 Å². The minimum absolute atomic E-state index is 0.0438. The zero-order valence-corrected chi connectivity index (χ0v) is 23.7. The average Bonchev–Trinajstić information content (AvgIpc) is 3.20. The summed E-state index contributed by atoms with van der Waals surface area (Å²) >= 11 is 6.39. The first kappa shape index (κ1) is 28.6. The third-order valence-electron chi connectivity index (χ3n) is 9.00. The molecular weight excluding hydrogens is 526 g/mol. The van der Waals surface area contributed by atoms with Crippen LogP contribution in [0.1, 0.15) is 69.4 Å². The summed E-state index contributed by atoms with van der Waals surface area (Å²) in [7, 11) is 0. The van der Waals surface area contributed by atoms with Gasteiger partial charge in [0.05, 0.1) is 29.6 Å². The maximum Gasteiger partial charge on any atom is 0.234 e. The maximum atomic E-state index is 13.7. The molecular formula is C33H38ClNO5. The van der Waals surface area contributed by atoms with E-state index in [-0.39, 0.29) is 30.2 Å². The highest BCUT2D eigenvalue weighted by Crippen LogP contribution is 2.47. The predicted molar refractivity (Wildman–Crippen MR) is 156 cm³/mol. The van der Waals surface area contributed by atoms with Crippen LogP contribution >= 0.6 is 11.6 Å². The van der Waals surface area contributed by atoms with Gasteiger partial charge in [-0.25, -0.2) is 0 Å². The normalized spacial score (nSPS) is 24.9. The zero-order chi connectivity index (χ0) is 28.4. The number of hydrogen-bond acceptors (Lipinski definition) is 5. The number of fused-ring (bicyclic) bond motifs is 1. The molecule has 3 aliphatic rings. The monoisotopic (exact) mass is 563 g/mol. The molecule has 3 N–H and O–H groups in total. The van der Waals surface area contributed by atoms with E-state index in [1.165, 1.54) is 11.0 Å². The molecule has 2 amide bonds. The Morgan fingerprint density at radius 3 is 2.48 bits per heavy atom. The number of carbonyl (C=O) groups excluding carboxylic acids is 2. The number of rotatable bonds is 8. The van der Waals surface area contributed by atoms with Gasteiger partial charge in [-0.15, -0.1) is 0 Å². The number of imide groups is 1. The lowest BCUT2D eigenvalue weighted by Crippen LogP contribution is -2.42. The van der Waals surface area contributed by atoms with Crippen LogP contribution in [0.2, 0.25) is 5.02 Å². The highest BCUT2D eigenvalue weighted by molar-refractivity contribution is 6.32. The molecule has 2 fully saturated rings. The van der Waals surface area contributed by atoms with Crippen LogP contribution in [0.15, 0.2) is 59.7 Å². The highest BCUT2D eigenvalue weighted by atomic mass is 35.5. The largest absolute Gasteiger partial charge is 0.508 e. The van der Waals surface area contributed by atoms with E-state index >= 15 is 0 Å². The number of phenolic OH excluding ortho intramolecular Hbond substituents is 1. The molecule has 2 aromatic rings. The lowest BCUT2D eigenvalue weighted by Gasteiger charge is -2.35. The second kappa shape index (κ2) is 12.3. The zero-order valence-electron chi connectivity index (χ0n) is 22.9. The third-order valence-corrected chi connectivity index (χ3v) is 9.33. The molecule has 212 valence electrons. The van der Waals surface area contributed by atoms with E-state index in [2.05, 4.69) is 0 Å². The second-order valence-electron chi connectivity index (χ2n) is 11.5. The molecule has 2 aromatic carbocycles. The van der Waals surface area contributed by atoms with E-state index in [0.717, 1.165) is 54.4 Å². The molecule has 0 radical (unpaired) electrons. The molecule has 7 heteroatoms. The summed E-state index contributed by atoms with van der Waals surface area (Å²) in [4.78, 5) is 28.6. The molecule has 0 aromatic heterocycles. The third kappa shape index (κ3) is 5.63. The van der Waals surface area contributed by atoms with Crippen molar-refractivity contribution >= 4 is 35.1 Å². The smallest absolute Gasteiger partial charge is 0.234 e. The van der Waals surface area contributed by atoms with E-state index < -0.39 is 23.9 Å². The van der Waals surface area contributed by atoms with Crippen molar-refractivity contribution in [2.75, 3.05) is 6.61 Å². The van der Waals surface area contributed by atoms with Crippen LogP contribution in [-0.2, 0) is 9.59 Å². The first-order chi connectivity index (χ1) is 19.3. The SMILES string of the molecule is CC1=C([C@H](O)CC/C(=C/c2ccc(O)cc2Cl)c2ccccc2)[C@H](CO)[C@@H]2C(=O)N(C3CCCCC3)C(=O)[C@@H]2C1. The summed E-state index contributed by atoms with van der Waals surface area (Å²) in [6.45, 7) is 1.63. The van der Waals surface area contributed by atoms with Gasteiger partial charge in [0.25, 0.3) is 0 Å². The highest BCUT2D eigenvalue weighted by Gasteiger charge is 2.55. The van der Waals surface area contributed by atoms with Crippen LogP contribution in [-0.4, -0.2) is 50.8 Å². The van der Waals surface area contributed by atoms with Crippen molar-refractivity contribution in [2.45, 2.75) is 70.4 Å². The number of amides is 2. The number of aliphatic hydroxyl groups excluding tert-OH is 2. The molecule has 1 saturated heterocycles. The Labute approximate surface area is 241 Å². The van der Waals surface area contributed by atoms with Gasteiger partial charge < -0.3 is 15.3 Å². The van der Waals surface area contributed by atoms with Crippen molar-refractivity contribution in [3.05, 3.63) is 75.8 Å². The van der Waals surface area contributed by atoms with E-state index in [9.17, 15) is 24.9 Å². The Kier molecular flexibility index (Phi) is 8.79. The van der Waals surface area contributed by atoms with Crippen molar-refractivity contribution in [3.63, 3.8) is 0 Å². The fraction of sp³-hybridized carbons (Fsp3) is 0.455. The van der Waals surface area contributed by atoms with Crippen LogP contribution in [0.5, 0.6) is 5.75 Å². The predicted octanol–water partition coefficient (Wildman–Crippen LogP) is 5.99. The van der Waals surface area contributed by atoms with Gasteiger partial charge in [-0.1, -0.05) is 66.8 Å². The van der Waals surface area contributed by atoms with E-state index in [0.29, 0.717) is 29.9 Å². The van der Waals surface area contributed by atoms with Crippen molar-refractivity contribution in [1.29, 1.82) is 0 Å². The van der Waals surface area contributed by atoms with Crippen molar-refractivity contribution in [3.8, 4) is 5.75 Å². The molecule has 4 atom stereocenters. The molecule has 0 spiro atoms. The van der Waals surface area contributed by atoms with E-state index in [4.69, 9.17) is 11.6 Å². The number of hydrogen-bond donors (Lipinski definition) is 3. The van der Waals surface area contributed by atoms with Gasteiger partial charge in [0.2, 0.25) is 11.8 Å². The molecule has 40 heavy (non-hydrogen) atoms. The van der Waals surface area contributed by atoms with Gasteiger partial charge in [0.1, 0.15) is 5.75 Å². The van der Waals surface area contributed by atoms with Crippen molar-refractivity contribution < 1.29 is 24.9 Å². The van der Waals surface area contributed by atoms with Crippen LogP contribution in [0, 0.1) is 17.8 Å². The topological polar surface area (TPSA) is 98.1 Å². The minimum atomic E-state index is -0.868. The Hall–Kier alpha value is -2.93. The molecule has 2 aliphatic carbocycles. The molecule has 6 nitrogen and oxygen atoms in total. The first-order valence-electron chi connectivity index (χ1n) is 14.4. The van der Waals surface area contributed by atoms with E-state index in [1.807, 2.05) is 43.3 Å². The summed E-state index contributed by atoms with van der Waals surface area (Å²) in [6.07, 6.45) is 7.31. The number of benzene rings is 2. The van der Waals surface area contributed by atoms with Gasteiger partial charge in [0.15, 0.2) is 0 Å². The number of carbonyl (C=O) groups is 2. The van der Waals surface area contributed by atoms with Crippen LogP contribution in [0.3, 0.4) is 0 Å². The first-order valence-corrected chi connectivity index (χ1v) is 14.8. The lowest BCUT2D eigenvalue weighted by molar-refractivity contribution is -0.143. The summed E-state index contributed by atoms with van der Waals surface area (Å²) in [6, 6.07) is 14.7. The van der Waals surface area contributed by atoms with Gasteiger partial charge in [0, 0.05) is 12.0 Å². The fourth-order valence-corrected chi connectivity index (χ4v) is 7.29. The molecule has 5 rings (SSSR count). The van der Waals surface area contributed by atoms with Crippen LogP contribution in [0.4, 0.5) is 0 Å². The molecule has 1 aliphatic heterocycles. The fourth-order valence-electron chi connectivity index (χ4n) is 7.06. The average molecular weight is 564 g/mol. The Morgan fingerprint density at radius 2 is 1.80 bits per heavy atom. The number of likely N-dealkylation sites (tertiary alicyclic amines) is 1. The number of nitrogens with zero attached hydrogens (tertiary/aromatic N) is 1.